The Morgan fingerprint density at radius 3 is 2.83 bits per heavy atom. The third-order valence-corrected chi connectivity index (χ3v) is 4.04. The van der Waals surface area contributed by atoms with Gasteiger partial charge in [0, 0.05) is 35.4 Å². The Kier molecular flexibility index (Phi) is 6.01. The highest BCUT2D eigenvalue weighted by Crippen LogP contribution is 2.17. The van der Waals surface area contributed by atoms with Crippen LogP contribution in [-0.2, 0) is 17.3 Å². The van der Waals surface area contributed by atoms with Gasteiger partial charge in [-0.1, -0.05) is 6.92 Å². The van der Waals surface area contributed by atoms with Gasteiger partial charge in [0.2, 0.25) is 0 Å². The Morgan fingerprint density at radius 1 is 1.61 bits per heavy atom. The summed E-state index contributed by atoms with van der Waals surface area (Å²) in [6.07, 6.45) is 4.14. The minimum Gasteiger partial charge on any atom is -0.379 e. The van der Waals surface area contributed by atoms with Crippen LogP contribution in [0.3, 0.4) is 0 Å². The second-order valence-corrected chi connectivity index (χ2v) is 6.46. The summed E-state index contributed by atoms with van der Waals surface area (Å²) in [5.74, 6) is 0.532. The molecule has 2 unspecified atom stereocenters. The molecule has 0 aliphatic carbocycles. The normalized spacial score (nSPS) is 14.2. The van der Waals surface area contributed by atoms with Crippen LogP contribution in [0.15, 0.2) is 15.5 Å². The minimum atomic E-state index is -0.870. The van der Waals surface area contributed by atoms with Gasteiger partial charge in [-0.3, -0.25) is 9.00 Å². The lowest BCUT2D eigenvalue weighted by Gasteiger charge is -2.15. The second kappa shape index (κ2) is 7.04. The van der Waals surface area contributed by atoms with Gasteiger partial charge < -0.3 is 5.32 Å². The maximum absolute atomic E-state index is 11.9. The zero-order valence-corrected chi connectivity index (χ0v) is 13.2. The van der Waals surface area contributed by atoms with Crippen LogP contribution in [0.25, 0.3) is 0 Å². The molecule has 2 atom stereocenters. The minimum absolute atomic E-state index is 0.0235. The molecule has 0 aromatic carbocycles. The Labute approximate surface area is 118 Å². The van der Waals surface area contributed by atoms with E-state index in [1.54, 1.807) is 12.5 Å². The lowest BCUT2D eigenvalue weighted by atomic mass is 10.3. The van der Waals surface area contributed by atoms with Crippen molar-refractivity contribution in [3.8, 4) is 0 Å². The van der Waals surface area contributed by atoms with Gasteiger partial charge in [-0.15, -0.1) is 0 Å². The van der Waals surface area contributed by atoms with Crippen molar-refractivity contribution < 1.29 is 4.21 Å². The average molecular weight is 336 g/mol. The molecule has 5 nitrogen and oxygen atoms in total. The van der Waals surface area contributed by atoms with E-state index < -0.39 is 10.8 Å². The standard InChI is InChI=1S/C11H18BrN3O2S/c1-4-5-15-11(16)10(12)9(6-13-15)14-8(2)7-18(3)17/h6,8,14H,4-5,7H2,1-3H3. The van der Waals surface area contributed by atoms with Crippen molar-refractivity contribution in [1.82, 2.24) is 9.78 Å². The number of halogens is 1. The number of anilines is 1. The molecule has 1 aromatic heterocycles. The Morgan fingerprint density at radius 2 is 2.28 bits per heavy atom. The lowest BCUT2D eigenvalue weighted by Crippen LogP contribution is -2.27. The van der Waals surface area contributed by atoms with Crippen LogP contribution in [0.4, 0.5) is 5.69 Å². The van der Waals surface area contributed by atoms with Gasteiger partial charge >= 0.3 is 0 Å². The second-order valence-electron chi connectivity index (χ2n) is 4.19. The summed E-state index contributed by atoms with van der Waals surface area (Å²) in [7, 11) is -0.870. The first kappa shape index (κ1) is 15.4. The van der Waals surface area contributed by atoms with Crippen LogP contribution in [0.2, 0.25) is 0 Å². The van der Waals surface area contributed by atoms with Crippen molar-refractivity contribution in [1.29, 1.82) is 0 Å². The highest BCUT2D eigenvalue weighted by Gasteiger charge is 2.11. The van der Waals surface area contributed by atoms with E-state index in [1.165, 1.54) is 4.68 Å². The molecule has 7 heteroatoms. The van der Waals surface area contributed by atoms with Gasteiger partial charge in [-0.2, -0.15) is 5.10 Å². The number of aromatic nitrogens is 2. The van der Waals surface area contributed by atoms with E-state index in [0.29, 0.717) is 22.5 Å². The van der Waals surface area contributed by atoms with Crippen LogP contribution in [0, 0.1) is 0 Å². The first-order chi connectivity index (χ1) is 8.45. The Bertz CT molecular complexity index is 490. The predicted octanol–water partition coefficient (Wildman–Crippen LogP) is 1.59. The van der Waals surface area contributed by atoms with Crippen LogP contribution in [-0.4, -0.2) is 32.0 Å². The SMILES string of the molecule is CCCn1ncc(NC(C)CS(C)=O)c(Br)c1=O. The number of nitrogens with zero attached hydrogens (tertiary/aromatic N) is 2. The van der Waals surface area contributed by atoms with E-state index >= 15 is 0 Å². The van der Waals surface area contributed by atoms with Gasteiger partial charge in [0.15, 0.2) is 0 Å². The fraction of sp³-hybridized carbons (Fsp3) is 0.636. The van der Waals surface area contributed by atoms with E-state index in [0.717, 1.165) is 6.42 Å². The van der Waals surface area contributed by atoms with E-state index in [-0.39, 0.29) is 11.6 Å². The van der Waals surface area contributed by atoms with Crippen molar-refractivity contribution in [2.75, 3.05) is 17.3 Å². The first-order valence-electron chi connectivity index (χ1n) is 5.77. The summed E-state index contributed by atoms with van der Waals surface area (Å²) in [4.78, 5) is 11.9. The number of rotatable bonds is 6. The average Bonchev–Trinajstić information content (AvgIpc) is 2.28. The number of nitrogens with one attached hydrogen (secondary N) is 1. The largest absolute Gasteiger partial charge is 0.379 e. The molecule has 0 aliphatic heterocycles. The van der Waals surface area contributed by atoms with Crippen molar-refractivity contribution in [3.63, 3.8) is 0 Å². The zero-order valence-electron chi connectivity index (χ0n) is 10.8. The van der Waals surface area contributed by atoms with Crippen LogP contribution in [0.5, 0.6) is 0 Å². The molecular formula is C11H18BrN3O2S. The summed E-state index contributed by atoms with van der Waals surface area (Å²) in [5.41, 5.74) is 0.497. The van der Waals surface area contributed by atoms with Gasteiger partial charge in [0.25, 0.3) is 5.56 Å². The zero-order chi connectivity index (χ0) is 13.7. The first-order valence-corrected chi connectivity index (χ1v) is 8.29. The number of hydrogen-bond donors (Lipinski definition) is 1. The van der Waals surface area contributed by atoms with Gasteiger partial charge in [-0.05, 0) is 29.3 Å². The Hall–Kier alpha value is -0.690. The summed E-state index contributed by atoms with van der Waals surface area (Å²) in [6, 6.07) is 0.0235. The van der Waals surface area contributed by atoms with Crippen molar-refractivity contribution in [2.45, 2.75) is 32.9 Å². The van der Waals surface area contributed by atoms with Crippen molar-refractivity contribution in [2.24, 2.45) is 0 Å². The molecule has 0 spiro atoms. The summed E-state index contributed by atoms with van der Waals surface area (Å²) in [5, 5.41) is 7.23. The number of hydrogen-bond acceptors (Lipinski definition) is 4. The molecule has 102 valence electrons. The van der Waals surface area contributed by atoms with E-state index in [1.807, 2.05) is 13.8 Å². The summed E-state index contributed by atoms with van der Waals surface area (Å²) >= 11 is 3.28. The topological polar surface area (TPSA) is 64.0 Å². The molecule has 0 amide bonds. The fourth-order valence-electron chi connectivity index (χ4n) is 1.60. The molecule has 0 aliphatic rings. The van der Waals surface area contributed by atoms with Gasteiger partial charge in [0.05, 0.1) is 11.9 Å². The van der Waals surface area contributed by atoms with Gasteiger partial charge in [-0.25, -0.2) is 4.68 Å². The maximum atomic E-state index is 11.9. The molecule has 1 aromatic rings. The third kappa shape index (κ3) is 4.20. The van der Waals surface area contributed by atoms with Crippen LogP contribution < -0.4 is 10.9 Å². The fourth-order valence-corrected chi connectivity index (χ4v) is 2.80. The molecule has 1 heterocycles. The van der Waals surface area contributed by atoms with Gasteiger partial charge in [0.1, 0.15) is 4.47 Å². The maximum Gasteiger partial charge on any atom is 0.283 e. The van der Waals surface area contributed by atoms with E-state index in [2.05, 4.69) is 26.3 Å². The molecule has 1 N–H and O–H groups in total. The van der Waals surface area contributed by atoms with Crippen molar-refractivity contribution >= 4 is 32.4 Å². The van der Waals surface area contributed by atoms with E-state index in [4.69, 9.17) is 0 Å². The van der Waals surface area contributed by atoms with E-state index in [9.17, 15) is 9.00 Å². The highest BCUT2D eigenvalue weighted by molar-refractivity contribution is 9.10. The van der Waals surface area contributed by atoms with Crippen molar-refractivity contribution in [3.05, 3.63) is 21.0 Å². The monoisotopic (exact) mass is 335 g/mol. The summed E-state index contributed by atoms with van der Waals surface area (Å²) in [6.45, 7) is 4.52. The molecule has 0 fully saturated rings. The van der Waals surface area contributed by atoms with Crippen LogP contribution >= 0.6 is 15.9 Å². The smallest absolute Gasteiger partial charge is 0.283 e. The molecule has 0 bridgehead atoms. The number of aryl methyl sites for hydroxylation is 1. The predicted molar refractivity (Wildman–Crippen MR) is 78.5 cm³/mol. The quantitative estimate of drug-likeness (QED) is 0.857. The molecule has 0 saturated carbocycles. The Balaban J connectivity index is 2.88. The molecule has 0 radical (unpaired) electrons. The molecule has 18 heavy (non-hydrogen) atoms. The molecule has 1 rings (SSSR count). The summed E-state index contributed by atoms with van der Waals surface area (Å²) < 4.78 is 13.0. The highest BCUT2D eigenvalue weighted by atomic mass is 79.9. The lowest BCUT2D eigenvalue weighted by molar-refractivity contribution is 0.565. The molecular weight excluding hydrogens is 318 g/mol. The molecule has 0 saturated heterocycles. The third-order valence-electron chi connectivity index (χ3n) is 2.31. The van der Waals surface area contributed by atoms with Crippen LogP contribution in [0.1, 0.15) is 20.3 Å².